The second-order valence-electron chi connectivity index (χ2n) is 4.02. The molecule has 2 heteroatoms. The Morgan fingerprint density at radius 3 is 2.93 bits per heavy atom. The number of benzene rings is 1. The van der Waals surface area contributed by atoms with Gasteiger partial charge in [-0.25, -0.2) is 0 Å². The van der Waals surface area contributed by atoms with Crippen molar-refractivity contribution in [2.45, 2.75) is 32.7 Å². The summed E-state index contributed by atoms with van der Waals surface area (Å²) in [5.74, 6) is 0.970. The molecule has 0 unspecified atom stereocenters. The molecule has 0 fully saturated rings. The molecule has 76 valence electrons. The van der Waals surface area contributed by atoms with Crippen LogP contribution in [-0.4, -0.2) is 13.2 Å². The molecule has 1 heterocycles. The highest BCUT2D eigenvalue weighted by Gasteiger charge is 2.19. The molecular weight excluding hydrogens is 174 g/mol. The SMILES string of the molecule is COc1ccc(C)c2c1N[C@H](C)CC2. The smallest absolute Gasteiger partial charge is 0.142 e. The molecule has 0 bridgehead atoms. The van der Waals surface area contributed by atoms with Gasteiger partial charge in [-0.05, 0) is 43.9 Å². The molecule has 1 atom stereocenters. The van der Waals surface area contributed by atoms with E-state index in [-0.39, 0.29) is 0 Å². The summed E-state index contributed by atoms with van der Waals surface area (Å²) in [6.07, 6.45) is 2.37. The highest BCUT2D eigenvalue weighted by atomic mass is 16.5. The predicted octanol–water partition coefficient (Wildman–Crippen LogP) is 2.75. The maximum Gasteiger partial charge on any atom is 0.142 e. The summed E-state index contributed by atoms with van der Waals surface area (Å²) in [6, 6.07) is 4.73. The van der Waals surface area contributed by atoms with Gasteiger partial charge < -0.3 is 10.1 Å². The normalized spacial score (nSPS) is 19.8. The highest BCUT2D eigenvalue weighted by Crippen LogP contribution is 2.35. The van der Waals surface area contributed by atoms with Crippen LogP contribution in [0.5, 0.6) is 5.75 Å². The van der Waals surface area contributed by atoms with Crippen molar-refractivity contribution in [2.75, 3.05) is 12.4 Å². The van der Waals surface area contributed by atoms with E-state index in [2.05, 4.69) is 25.2 Å². The molecule has 0 aromatic heterocycles. The molecule has 2 rings (SSSR count). The second-order valence-corrected chi connectivity index (χ2v) is 4.02. The summed E-state index contributed by atoms with van der Waals surface area (Å²) < 4.78 is 5.35. The van der Waals surface area contributed by atoms with E-state index in [0.717, 1.165) is 12.2 Å². The maximum absolute atomic E-state index is 5.35. The van der Waals surface area contributed by atoms with Gasteiger partial charge in [-0.15, -0.1) is 0 Å². The molecule has 0 spiro atoms. The zero-order valence-electron chi connectivity index (χ0n) is 9.05. The molecule has 1 aliphatic heterocycles. The lowest BCUT2D eigenvalue weighted by Crippen LogP contribution is -2.23. The van der Waals surface area contributed by atoms with E-state index in [9.17, 15) is 0 Å². The third-order valence-electron chi connectivity index (χ3n) is 2.95. The number of hydrogen-bond donors (Lipinski definition) is 1. The summed E-state index contributed by atoms with van der Waals surface area (Å²) in [5.41, 5.74) is 3.98. The molecule has 1 N–H and O–H groups in total. The largest absolute Gasteiger partial charge is 0.495 e. The van der Waals surface area contributed by atoms with Crippen LogP contribution < -0.4 is 10.1 Å². The molecule has 14 heavy (non-hydrogen) atoms. The molecule has 1 aromatic carbocycles. The van der Waals surface area contributed by atoms with Crippen molar-refractivity contribution in [3.8, 4) is 5.75 Å². The van der Waals surface area contributed by atoms with E-state index in [1.165, 1.54) is 23.2 Å². The van der Waals surface area contributed by atoms with E-state index >= 15 is 0 Å². The van der Waals surface area contributed by atoms with Crippen LogP contribution >= 0.6 is 0 Å². The van der Waals surface area contributed by atoms with Gasteiger partial charge in [0.15, 0.2) is 0 Å². The van der Waals surface area contributed by atoms with Gasteiger partial charge in [-0.3, -0.25) is 0 Å². The van der Waals surface area contributed by atoms with Crippen LogP contribution in [0.25, 0.3) is 0 Å². The van der Waals surface area contributed by atoms with Gasteiger partial charge in [0.2, 0.25) is 0 Å². The molecule has 0 amide bonds. The number of anilines is 1. The van der Waals surface area contributed by atoms with Gasteiger partial charge in [0.05, 0.1) is 12.8 Å². The number of methoxy groups -OCH3 is 1. The lowest BCUT2D eigenvalue weighted by molar-refractivity contribution is 0.414. The van der Waals surface area contributed by atoms with Crippen molar-refractivity contribution in [2.24, 2.45) is 0 Å². The van der Waals surface area contributed by atoms with Crippen molar-refractivity contribution in [1.29, 1.82) is 0 Å². The van der Waals surface area contributed by atoms with Crippen LogP contribution in [0, 0.1) is 6.92 Å². The van der Waals surface area contributed by atoms with Gasteiger partial charge in [-0.1, -0.05) is 6.07 Å². The van der Waals surface area contributed by atoms with Crippen molar-refractivity contribution in [1.82, 2.24) is 0 Å². The van der Waals surface area contributed by atoms with Crippen molar-refractivity contribution in [3.63, 3.8) is 0 Å². The van der Waals surface area contributed by atoms with Crippen molar-refractivity contribution in [3.05, 3.63) is 23.3 Å². The van der Waals surface area contributed by atoms with Crippen LogP contribution in [0.1, 0.15) is 24.5 Å². The molecule has 1 aromatic rings. The lowest BCUT2D eigenvalue weighted by Gasteiger charge is -2.27. The second kappa shape index (κ2) is 3.52. The van der Waals surface area contributed by atoms with Crippen LogP contribution in [0.3, 0.4) is 0 Å². The van der Waals surface area contributed by atoms with Crippen LogP contribution in [0.15, 0.2) is 12.1 Å². The van der Waals surface area contributed by atoms with Crippen LogP contribution in [0.2, 0.25) is 0 Å². The van der Waals surface area contributed by atoms with E-state index < -0.39 is 0 Å². The summed E-state index contributed by atoms with van der Waals surface area (Å²) in [5, 5.41) is 3.50. The minimum atomic E-state index is 0.554. The first-order valence-electron chi connectivity index (χ1n) is 5.15. The maximum atomic E-state index is 5.35. The van der Waals surface area contributed by atoms with Gasteiger partial charge in [-0.2, -0.15) is 0 Å². The number of nitrogens with one attached hydrogen (secondary N) is 1. The number of hydrogen-bond acceptors (Lipinski definition) is 2. The number of aryl methyl sites for hydroxylation is 1. The summed E-state index contributed by atoms with van der Waals surface area (Å²) in [6.45, 7) is 4.38. The van der Waals surface area contributed by atoms with Crippen molar-refractivity contribution < 1.29 is 4.74 Å². The van der Waals surface area contributed by atoms with E-state index in [1.54, 1.807) is 7.11 Å². The molecule has 0 saturated carbocycles. The predicted molar refractivity (Wildman–Crippen MR) is 59.1 cm³/mol. The van der Waals surface area contributed by atoms with E-state index in [1.807, 2.05) is 6.07 Å². The monoisotopic (exact) mass is 191 g/mol. The molecule has 1 aliphatic rings. The Bertz CT molecular complexity index is 346. The van der Waals surface area contributed by atoms with Gasteiger partial charge in [0.1, 0.15) is 5.75 Å². The quantitative estimate of drug-likeness (QED) is 0.737. The van der Waals surface area contributed by atoms with Crippen LogP contribution in [0.4, 0.5) is 5.69 Å². The Kier molecular flexibility index (Phi) is 2.36. The molecule has 2 nitrogen and oxygen atoms in total. The number of rotatable bonds is 1. The fourth-order valence-electron chi connectivity index (χ4n) is 2.06. The van der Waals surface area contributed by atoms with Crippen molar-refractivity contribution >= 4 is 5.69 Å². The van der Waals surface area contributed by atoms with E-state index in [4.69, 9.17) is 4.74 Å². The average molecular weight is 191 g/mol. The highest BCUT2D eigenvalue weighted by molar-refractivity contribution is 5.66. The summed E-state index contributed by atoms with van der Waals surface area (Å²) in [7, 11) is 1.73. The Balaban J connectivity index is 2.49. The number of fused-ring (bicyclic) bond motifs is 1. The average Bonchev–Trinajstić information content (AvgIpc) is 2.18. The third-order valence-corrected chi connectivity index (χ3v) is 2.95. The fourth-order valence-corrected chi connectivity index (χ4v) is 2.06. The molecule has 0 radical (unpaired) electrons. The number of ether oxygens (including phenoxy) is 1. The van der Waals surface area contributed by atoms with E-state index in [0.29, 0.717) is 6.04 Å². The Morgan fingerprint density at radius 2 is 2.21 bits per heavy atom. The first kappa shape index (κ1) is 9.38. The van der Waals surface area contributed by atoms with Gasteiger partial charge >= 0.3 is 0 Å². The van der Waals surface area contributed by atoms with Gasteiger partial charge in [0.25, 0.3) is 0 Å². The van der Waals surface area contributed by atoms with Crippen LogP contribution in [-0.2, 0) is 6.42 Å². The minimum absolute atomic E-state index is 0.554. The Labute approximate surface area is 85.3 Å². The zero-order chi connectivity index (χ0) is 10.1. The fraction of sp³-hybridized carbons (Fsp3) is 0.500. The first-order chi connectivity index (χ1) is 6.72. The lowest BCUT2D eigenvalue weighted by atomic mass is 9.94. The minimum Gasteiger partial charge on any atom is -0.495 e. The summed E-state index contributed by atoms with van der Waals surface area (Å²) in [4.78, 5) is 0. The Morgan fingerprint density at radius 1 is 1.43 bits per heavy atom. The first-order valence-corrected chi connectivity index (χ1v) is 5.15. The Hall–Kier alpha value is -1.18. The molecule has 0 aliphatic carbocycles. The summed E-state index contributed by atoms with van der Waals surface area (Å²) >= 11 is 0. The molecular formula is C12H17NO. The third kappa shape index (κ3) is 1.45. The molecule has 0 saturated heterocycles. The standard InChI is InChI=1S/C12H17NO/c1-8-4-7-11(14-3)12-10(8)6-5-9(2)13-12/h4,7,9,13H,5-6H2,1-3H3/t9-/m1/s1. The zero-order valence-corrected chi connectivity index (χ0v) is 9.05. The van der Waals surface area contributed by atoms with Gasteiger partial charge in [0, 0.05) is 6.04 Å². The topological polar surface area (TPSA) is 21.3 Å².